The molecule has 0 aromatic heterocycles. The van der Waals surface area contributed by atoms with Crippen LogP contribution in [0.25, 0.3) is 0 Å². The van der Waals surface area contributed by atoms with Crippen LogP contribution in [-0.4, -0.2) is 23.7 Å². The lowest BCUT2D eigenvalue weighted by atomic mass is 10.1. The van der Waals surface area contributed by atoms with Crippen LogP contribution in [0.4, 0.5) is 0 Å². The van der Waals surface area contributed by atoms with Gasteiger partial charge < -0.3 is 10.4 Å². The van der Waals surface area contributed by atoms with Gasteiger partial charge in [-0.15, -0.1) is 0 Å². The molecule has 2 N–H and O–H groups in total. The van der Waals surface area contributed by atoms with E-state index in [9.17, 15) is 9.90 Å². The van der Waals surface area contributed by atoms with Crippen molar-refractivity contribution in [3.63, 3.8) is 0 Å². The fraction of sp³-hybridized carbons (Fsp3) is 0.462. The monoisotopic (exact) mass is 423 g/mol. The molecule has 2 rings (SSSR count). The maximum absolute atomic E-state index is 12.1. The van der Waals surface area contributed by atoms with Crippen LogP contribution < -0.4 is 5.32 Å². The maximum Gasteiger partial charge on any atom is 0.252 e. The van der Waals surface area contributed by atoms with Crippen LogP contribution in [0.5, 0.6) is 0 Å². The fourth-order valence-electron chi connectivity index (χ4n) is 2.25. The van der Waals surface area contributed by atoms with Gasteiger partial charge in [-0.3, -0.25) is 4.79 Å². The summed E-state index contributed by atoms with van der Waals surface area (Å²) in [6, 6.07) is 5.64. The van der Waals surface area contributed by atoms with E-state index in [2.05, 4.69) is 43.8 Å². The lowest BCUT2D eigenvalue weighted by Crippen LogP contribution is -2.32. The molecule has 3 nitrogen and oxygen atoms in total. The molecule has 2 unspecified atom stereocenters. The predicted octanol–water partition coefficient (Wildman–Crippen LogP) is 2.94. The second kappa shape index (κ2) is 6.34. The number of benzene rings is 1. The van der Waals surface area contributed by atoms with E-state index in [4.69, 9.17) is 0 Å². The first-order valence-corrected chi connectivity index (χ1v) is 7.86. The molecule has 1 aliphatic carbocycles. The van der Waals surface area contributed by atoms with Gasteiger partial charge in [-0.1, -0.05) is 22.4 Å². The molecule has 18 heavy (non-hydrogen) atoms. The maximum atomic E-state index is 12.1. The third-order valence-corrected chi connectivity index (χ3v) is 4.75. The third kappa shape index (κ3) is 3.45. The number of carbonyl (C=O) groups is 1. The van der Waals surface area contributed by atoms with E-state index in [0.717, 1.165) is 27.3 Å². The molecule has 1 amide bonds. The van der Waals surface area contributed by atoms with Crippen LogP contribution in [0, 0.1) is 9.49 Å². The molecule has 0 saturated heterocycles. The number of rotatable bonds is 3. The molecule has 1 aromatic carbocycles. The van der Waals surface area contributed by atoms with Crippen LogP contribution >= 0.6 is 38.5 Å². The Morgan fingerprint density at radius 1 is 1.50 bits per heavy atom. The smallest absolute Gasteiger partial charge is 0.252 e. The van der Waals surface area contributed by atoms with Gasteiger partial charge in [0.05, 0.1) is 11.7 Å². The Balaban J connectivity index is 1.97. The Bertz CT molecular complexity index is 453. The average molecular weight is 424 g/mol. The highest BCUT2D eigenvalue weighted by Gasteiger charge is 2.25. The Kier molecular flexibility index (Phi) is 5.03. The first-order valence-electron chi connectivity index (χ1n) is 5.99. The van der Waals surface area contributed by atoms with Gasteiger partial charge in [0.25, 0.3) is 5.91 Å². The third-order valence-electron chi connectivity index (χ3n) is 3.32. The van der Waals surface area contributed by atoms with Crippen molar-refractivity contribution in [2.24, 2.45) is 5.92 Å². The van der Waals surface area contributed by atoms with Crippen LogP contribution in [0.15, 0.2) is 22.7 Å². The summed E-state index contributed by atoms with van der Waals surface area (Å²) in [7, 11) is 0. The summed E-state index contributed by atoms with van der Waals surface area (Å²) in [5.74, 6) is 0.138. The molecule has 0 heterocycles. The van der Waals surface area contributed by atoms with Crippen molar-refractivity contribution in [3.05, 3.63) is 31.8 Å². The highest BCUT2D eigenvalue weighted by Crippen LogP contribution is 2.25. The van der Waals surface area contributed by atoms with Gasteiger partial charge in [-0.25, -0.2) is 0 Å². The van der Waals surface area contributed by atoms with E-state index < -0.39 is 0 Å². The first kappa shape index (κ1) is 14.3. The fourth-order valence-corrected chi connectivity index (χ4v) is 3.19. The van der Waals surface area contributed by atoms with E-state index in [1.54, 1.807) is 0 Å². The summed E-state index contributed by atoms with van der Waals surface area (Å²) >= 11 is 5.52. The van der Waals surface area contributed by atoms with E-state index in [1.807, 2.05) is 18.2 Å². The standard InChI is InChI=1S/C13H15BrINO2/c14-9-4-5-11(15)10(6-9)13(18)16-7-8-2-1-3-12(8)17/h4-6,8,12,17H,1-3,7H2,(H,16,18). The van der Waals surface area contributed by atoms with E-state index in [-0.39, 0.29) is 17.9 Å². The zero-order chi connectivity index (χ0) is 13.1. The minimum atomic E-state index is -0.258. The molecule has 1 aromatic rings. The Morgan fingerprint density at radius 3 is 2.94 bits per heavy atom. The van der Waals surface area contributed by atoms with Gasteiger partial charge in [-0.05, 0) is 53.6 Å². The van der Waals surface area contributed by atoms with Crippen LogP contribution in [0.3, 0.4) is 0 Å². The largest absolute Gasteiger partial charge is 0.393 e. The Morgan fingerprint density at radius 2 is 2.28 bits per heavy atom. The molecular weight excluding hydrogens is 409 g/mol. The number of carbonyl (C=O) groups excluding carboxylic acids is 1. The highest BCUT2D eigenvalue weighted by atomic mass is 127. The average Bonchev–Trinajstić information content (AvgIpc) is 2.75. The number of hydrogen-bond acceptors (Lipinski definition) is 2. The van der Waals surface area contributed by atoms with Crippen LogP contribution in [0.1, 0.15) is 29.6 Å². The summed E-state index contributed by atoms with van der Waals surface area (Å²) in [4.78, 5) is 12.1. The first-order chi connectivity index (χ1) is 8.58. The van der Waals surface area contributed by atoms with Crippen molar-refractivity contribution in [3.8, 4) is 0 Å². The Hall–Kier alpha value is -0.140. The van der Waals surface area contributed by atoms with E-state index in [1.165, 1.54) is 0 Å². The summed E-state index contributed by atoms with van der Waals surface area (Å²) in [6.45, 7) is 0.558. The highest BCUT2D eigenvalue weighted by molar-refractivity contribution is 14.1. The topological polar surface area (TPSA) is 49.3 Å². The van der Waals surface area contributed by atoms with Crippen molar-refractivity contribution in [2.45, 2.75) is 25.4 Å². The lowest BCUT2D eigenvalue weighted by Gasteiger charge is -2.15. The summed E-state index contributed by atoms with van der Waals surface area (Å²) in [6.07, 6.45) is 2.65. The van der Waals surface area contributed by atoms with Gasteiger partial charge in [-0.2, -0.15) is 0 Å². The Labute approximate surface area is 129 Å². The second-order valence-corrected chi connectivity index (χ2v) is 6.67. The number of halogens is 2. The van der Waals surface area contributed by atoms with Crippen molar-refractivity contribution in [1.82, 2.24) is 5.32 Å². The second-order valence-electron chi connectivity index (χ2n) is 4.59. The predicted molar refractivity (Wildman–Crippen MR) is 82.5 cm³/mol. The molecule has 1 fully saturated rings. The summed E-state index contributed by atoms with van der Waals surface area (Å²) in [5.41, 5.74) is 0.678. The lowest BCUT2D eigenvalue weighted by molar-refractivity contribution is 0.0916. The van der Waals surface area contributed by atoms with Crippen molar-refractivity contribution >= 4 is 44.4 Å². The van der Waals surface area contributed by atoms with Gasteiger partial charge in [0.15, 0.2) is 0 Å². The molecule has 0 aliphatic heterocycles. The summed E-state index contributed by atoms with van der Waals surface area (Å²) < 4.78 is 1.83. The van der Waals surface area contributed by atoms with Crippen LogP contribution in [0.2, 0.25) is 0 Å². The van der Waals surface area contributed by atoms with Gasteiger partial charge >= 0.3 is 0 Å². The van der Waals surface area contributed by atoms with Crippen molar-refractivity contribution in [1.29, 1.82) is 0 Å². The SMILES string of the molecule is O=C(NCC1CCCC1O)c1cc(Br)ccc1I. The molecule has 2 atom stereocenters. The quantitative estimate of drug-likeness (QED) is 0.734. The van der Waals surface area contributed by atoms with Gasteiger partial charge in [0.1, 0.15) is 0 Å². The molecule has 5 heteroatoms. The molecule has 98 valence electrons. The number of aliphatic hydroxyl groups excluding tert-OH is 1. The zero-order valence-electron chi connectivity index (χ0n) is 9.83. The van der Waals surface area contributed by atoms with Crippen molar-refractivity contribution < 1.29 is 9.90 Å². The number of nitrogens with one attached hydrogen (secondary N) is 1. The zero-order valence-corrected chi connectivity index (χ0v) is 13.6. The van der Waals surface area contributed by atoms with E-state index >= 15 is 0 Å². The minimum Gasteiger partial charge on any atom is -0.393 e. The molecule has 1 aliphatic rings. The van der Waals surface area contributed by atoms with Crippen molar-refractivity contribution in [2.75, 3.05) is 6.54 Å². The molecular formula is C13H15BrINO2. The number of aliphatic hydroxyl groups is 1. The van der Waals surface area contributed by atoms with Gasteiger partial charge in [0, 0.05) is 20.5 Å². The summed E-state index contributed by atoms with van der Waals surface area (Å²) in [5, 5.41) is 12.6. The van der Waals surface area contributed by atoms with E-state index in [0.29, 0.717) is 12.1 Å². The normalized spacial score (nSPS) is 23.1. The van der Waals surface area contributed by atoms with Gasteiger partial charge in [0.2, 0.25) is 0 Å². The number of hydrogen-bond donors (Lipinski definition) is 2. The molecule has 0 spiro atoms. The molecule has 0 radical (unpaired) electrons. The number of amides is 1. The minimum absolute atomic E-state index is 0.0696. The molecule has 0 bridgehead atoms. The molecule has 1 saturated carbocycles. The van der Waals surface area contributed by atoms with Crippen LogP contribution in [-0.2, 0) is 0 Å².